The van der Waals surface area contributed by atoms with E-state index in [2.05, 4.69) is 0 Å². The Balaban J connectivity index is 0.000000218. The van der Waals surface area contributed by atoms with Crippen molar-refractivity contribution in [3.63, 3.8) is 0 Å². The van der Waals surface area contributed by atoms with Crippen LogP contribution in [0.15, 0.2) is 82.6 Å². The lowest BCUT2D eigenvalue weighted by molar-refractivity contribution is -0.384. The molecule has 0 fully saturated rings. The van der Waals surface area contributed by atoms with Crippen molar-refractivity contribution in [2.75, 3.05) is 0 Å². The third-order valence-corrected chi connectivity index (χ3v) is 7.41. The summed E-state index contributed by atoms with van der Waals surface area (Å²) in [6.07, 6.45) is 0. The van der Waals surface area contributed by atoms with Crippen molar-refractivity contribution in [1.82, 2.24) is 0 Å². The van der Waals surface area contributed by atoms with Gasteiger partial charge in [0.05, 0.1) is 10.5 Å². The van der Waals surface area contributed by atoms with Crippen LogP contribution in [0.3, 0.4) is 0 Å². The summed E-state index contributed by atoms with van der Waals surface area (Å²) < 4.78 is 0. The van der Waals surface area contributed by atoms with Gasteiger partial charge in [-0.1, -0.05) is 23.9 Å². The Labute approximate surface area is 273 Å². The molecular weight excluding hydrogens is 662 g/mol. The van der Waals surface area contributed by atoms with Crippen molar-refractivity contribution >= 4 is 58.7 Å². The molecule has 0 unspecified atom stereocenters. The first-order valence-electron chi connectivity index (χ1n) is 12.9. The van der Waals surface area contributed by atoms with Crippen LogP contribution in [0.1, 0.15) is 53.9 Å². The van der Waals surface area contributed by atoms with E-state index in [0.29, 0.717) is 20.9 Å². The van der Waals surface area contributed by atoms with E-state index in [1.165, 1.54) is 79.7 Å². The molecule has 0 spiro atoms. The van der Waals surface area contributed by atoms with Crippen molar-refractivity contribution in [2.24, 2.45) is 0 Å². The number of aromatic hydroxyl groups is 2. The van der Waals surface area contributed by atoms with Gasteiger partial charge in [-0.15, -0.1) is 11.6 Å². The molecule has 1 aliphatic carbocycles. The van der Waals surface area contributed by atoms with Crippen LogP contribution < -0.4 is 0 Å². The van der Waals surface area contributed by atoms with Crippen molar-refractivity contribution < 1.29 is 59.5 Å². The van der Waals surface area contributed by atoms with E-state index < -0.39 is 34.2 Å². The van der Waals surface area contributed by atoms with Crippen LogP contribution in [0.2, 0.25) is 0 Å². The highest BCUT2D eigenvalue weighted by atomic mass is 35.5. The molecule has 0 aliphatic heterocycles. The van der Waals surface area contributed by atoms with Crippen molar-refractivity contribution in [3.8, 4) is 22.6 Å². The number of carboxylic acids is 4. The molecule has 0 heterocycles. The maximum absolute atomic E-state index is 12.2. The van der Waals surface area contributed by atoms with Gasteiger partial charge in [0, 0.05) is 38.6 Å². The summed E-state index contributed by atoms with van der Waals surface area (Å²) in [6.45, 7) is 1.41. The molecule has 14 nitrogen and oxygen atoms in total. The minimum absolute atomic E-state index is 0.0171. The van der Waals surface area contributed by atoms with Gasteiger partial charge in [0.2, 0.25) is 0 Å². The second-order valence-electron chi connectivity index (χ2n) is 9.37. The zero-order valence-electron chi connectivity index (χ0n) is 23.8. The lowest BCUT2D eigenvalue weighted by Gasteiger charge is -2.06. The number of carbonyl (C=O) groups is 5. The zero-order valence-corrected chi connectivity index (χ0v) is 25.4. The number of carbonyl (C=O) groups excluding carboxylic acids is 1. The van der Waals surface area contributed by atoms with Crippen LogP contribution in [0.4, 0.5) is 5.69 Å². The number of carboxylic acid groups (broad SMARTS) is 4. The van der Waals surface area contributed by atoms with Gasteiger partial charge >= 0.3 is 23.9 Å². The van der Waals surface area contributed by atoms with Crippen LogP contribution in [-0.4, -0.2) is 70.6 Å². The summed E-state index contributed by atoms with van der Waals surface area (Å²) in [6, 6.07) is 16.4. The predicted molar refractivity (Wildman–Crippen MR) is 166 cm³/mol. The molecule has 1 aliphatic rings. The number of benzene rings is 4. The fourth-order valence-corrected chi connectivity index (χ4v) is 4.94. The topological polar surface area (TPSA) is 250 Å². The lowest BCUT2D eigenvalue weighted by atomic mass is 9.99. The third kappa shape index (κ3) is 8.42. The summed E-state index contributed by atoms with van der Waals surface area (Å²) in [5, 5.41) is 63.7. The number of phenols is 2. The van der Waals surface area contributed by atoms with Crippen molar-refractivity contribution in [1.29, 1.82) is 0 Å². The number of nitro groups is 1. The van der Waals surface area contributed by atoms with Crippen LogP contribution in [0, 0.1) is 10.1 Å². The quantitative estimate of drug-likeness (QED) is 0.0669. The highest BCUT2D eigenvalue weighted by Crippen LogP contribution is 2.40. The van der Waals surface area contributed by atoms with Crippen molar-refractivity contribution in [3.05, 3.63) is 111 Å². The van der Waals surface area contributed by atoms with Gasteiger partial charge in [0.25, 0.3) is 5.69 Å². The van der Waals surface area contributed by atoms with E-state index in [-0.39, 0.29) is 50.8 Å². The van der Waals surface area contributed by atoms with E-state index >= 15 is 0 Å². The molecule has 4 aromatic rings. The van der Waals surface area contributed by atoms with E-state index in [4.69, 9.17) is 26.9 Å². The number of ketones is 1. The molecule has 16 heteroatoms. The van der Waals surface area contributed by atoms with E-state index in [1.807, 2.05) is 0 Å². The van der Waals surface area contributed by atoms with Gasteiger partial charge in [-0.05, 0) is 61.0 Å². The summed E-state index contributed by atoms with van der Waals surface area (Å²) in [7, 11) is 0. The van der Waals surface area contributed by atoms with Gasteiger partial charge in [-0.2, -0.15) is 0 Å². The predicted octanol–water partition coefficient (Wildman–Crippen LogP) is 5.85. The molecule has 242 valence electrons. The maximum Gasteiger partial charge on any atom is 0.339 e. The second-order valence-corrected chi connectivity index (χ2v) is 11.2. The molecule has 6 N–H and O–H groups in total. The molecule has 0 radical (unpaired) electrons. The Morgan fingerprint density at radius 1 is 0.723 bits per heavy atom. The van der Waals surface area contributed by atoms with Gasteiger partial charge in [0.1, 0.15) is 28.0 Å². The molecule has 0 saturated carbocycles. The number of rotatable bonds is 7. The van der Waals surface area contributed by atoms with Gasteiger partial charge in [0.15, 0.2) is 5.78 Å². The van der Waals surface area contributed by atoms with Crippen LogP contribution in [0.5, 0.6) is 11.5 Å². The molecule has 1 atom stereocenters. The molecule has 0 bridgehead atoms. The number of aliphatic carboxylic acids is 1. The molecule has 4 aromatic carbocycles. The van der Waals surface area contributed by atoms with Gasteiger partial charge < -0.3 is 30.6 Å². The number of alkyl halides is 1. The molecule has 0 saturated heterocycles. The first-order valence-corrected chi connectivity index (χ1v) is 14.2. The Morgan fingerprint density at radius 2 is 1.21 bits per heavy atom. The van der Waals surface area contributed by atoms with Crippen LogP contribution >= 0.6 is 23.4 Å². The molecule has 47 heavy (non-hydrogen) atoms. The number of fused-ring (bicyclic) bond motifs is 3. The summed E-state index contributed by atoms with van der Waals surface area (Å²) in [5.74, 6) is -5.70. The van der Waals surface area contributed by atoms with E-state index in [0.717, 1.165) is 11.8 Å². The molecule has 5 rings (SSSR count). The summed E-state index contributed by atoms with van der Waals surface area (Å²) in [4.78, 5) is 66.1. The third-order valence-electron chi connectivity index (χ3n) is 6.24. The molecular formula is C31H22ClNO13S. The smallest absolute Gasteiger partial charge is 0.339 e. The lowest BCUT2D eigenvalue weighted by Crippen LogP contribution is -2.06. The molecule has 0 aromatic heterocycles. The number of aromatic carboxylic acids is 3. The largest absolute Gasteiger partial charge is 0.507 e. The Kier molecular flexibility index (Phi) is 11.3. The number of non-ortho nitro benzene ring substituents is 1. The summed E-state index contributed by atoms with van der Waals surface area (Å²) >= 11 is 6.13. The fraction of sp³-hybridized carbons (Fsp3) is 0.0645. The van der Waals surface area contributed by atoms with Gasteiger partial charge in [-0.25, -0.2) is 14.4 Å². The number of nitrogens with zero attached hydrogens (tertiary/aromatic N) is 1. The highest BCUT2D eigenvalue weighted by molar-refractivity contribution is 7.99. The number of hydrogen-bond donors (Lipinski definition) is 6. The second kappa shape index (κ2) is 14.9. The SMILES string of the molecule is C[C@H](Cl)C(=O)O.O=C(O)c1cc(Sc2ccc(O)c(C(=O)O)c2)ccc1O.O=C(O)c1cccc2c1-c1ccc([N+](=O)[O-])cc1C2=O. The van der Waals surface area contributed by atoms with E-state index in [1.54, 1.807) is 0 Å². The Morgan fingerprint density at radius 3 is 1.64 bits per heavy atom. The first kappa shape index (κ1) is 35.5. The molecule has 0 amide bonds. The van der Waals surface area contributed by atoms with Crippen molar-refractivity contribution in [2.45, 2.75) is 22.1 Å². The standard InChI is InChI=1S/C14H7NO5.C14H10O6S.C3H5ClO2/c16-13-9-2-1-3-10(14(17)18)12(9)8-5-4-7(15(19)20)6-11(8)13;15-11-3-1-7(5-9(11)13(17)18)21-8-2-4-12(16)10(6-8)14(19)20;1-2(4)3(5)6/h1-6H,(H,17,18);1-6,15-16H,(H,17,18)(H,19,20);2H,1H3,(H,5,6)/t;;2-/m..0/s1. The van der Waals surface area contributed by atoms with E-state index in [9.17, 15) is 49.4 Å². The number of halogens is 1. The average molecular weight is 684 g/mol. The minimum Gasteiger partial charge on any atom is -0.507 e. The number of nitro benzene ring substituents is 1. The van der Waals surface area contributed by atoms with Crippen LogP contribution in [-0.2, 0) is 4.79 Å². The fourth-order valence-electron chi connectivity index (χ4n) is 4.04. The Hall–Kier alpha value is -5.93. The average Bonchev–Trinajstić information content (AvgIpc) is 3.30. The highest BCUT2D eigenvalue weighted by Gasteiger charge is 2.31. The number of hydrogen-bond acceptors (Lipinski definition) is 10. The monoisotopic (exact) mass is 683 g/mol. The normalized spacial score (nSPS) is 11.4. The first-order chi connectivity index (χ1) is 22.0. The Bertz CT molecular complexity index is 1880. The zero-order chi connectivity index (χ0) is 35.2. The van der Waals surface area contributed by atoms with Crippen LogP contribution in [0.25, 0.3) is 11.1 Å². The maximum atomic E-state index is 12.2. The minimum atomic E-state index is -1.26. The summed E-state index contributed by atoms with van der Waals surface area (Å²) in [5.41, 5.74) is 0.534. The van der Waals surface area contributed by atoms with Gasteiger partial charge in [-0.3, -0.25) is 19.7 Å².